The van der Waals surface area contributed by atoms with E-state index in [2.05, 4.69) is 22.5 Å². The molecule has 2 N–H and O–H groups in total. The molecule has 108 valence electrons. The second-order valence-electron chi connectivity index (χ2n) is 6.08. The maximum Gasteiger partial charge on any atom is 0.255 e. The van der Waals surface area contributed by atoms with Crippen LogP contribution in [-0.4, -0.2) is 23.5 Å². The summed E-state index contributed by atoms with van der Waals surface area (Å²) in [5.74, 6) is 2.27. The van der Waals surface area contributed by atoms with E-state index in [1.807, 2.05) is 12.1 Å². The molecule has 0 saturated heterocycles. The molecular formula is C16H23N3O. The average molecular weight is 273 g/mol. The minimum atomic E-state index is 0.0225. The van der Waals surface area contributed by atoms with Gasteiger partial charge in [0.05, 0.1) is 5.56 Å². The Kier molecular flexibility index (Phi) is 3.90. The normalized spacial score (nSPS) is 27.6. The molecule has 4 heteroatoms. The Labute approximate surface area is 120 Å². The summed E-state index contributed by atoms with van der Waals surface area (Å²) in [6, 6.07) is 4.06. The molecule has 3 atom stereocenters. The van der Waals surface area contributed by atoms with Gasteiger partial charge in [0.25, 0.3) is 5.91 Å². The molecule has 0 aliphatic heterocycles. The highest BCUT2D eigenvalue weighted by Crippen LogP contribution is 2.44. The molecular weight excluding hydrogens is 250 g/mol. The van der Waals surface area contributed by atoms with Gasteiger partial charge in [-0.1, -0.05) is 13.3 Å². The second-order valence-corrected chi connectivity index (χ2v) is 6.08. The van der Waals surface area contributed by atoms with Gasteiger partial charge in [-0.2, -0.15) is 0 Å². The first kappa shape index (κ1) is 13.4. The van der Waals surface area contributed by atoms with E-state index in [4.69, 9.17) is 0 Å². The predicted molar refractivity (Wildman–Crippen MR) is 79.7 cm³/mol. The molecule has 3 unspecified atom stereocenters. The lowest BCUT2D eigenvalue weighted by atomic mass is 9.95. The summed E-state index contributed by atoms with van der Waals surface area (Å²) in [6.07, 6.45) is 7.85. The predicted octanol–water partition coefficient (Wildman–Crippen LogP) is 2.82. The van der Waals surface area contributed by atoms with E-state index in [9.17, 15) is 4.79 Å². The monoisotopic (exact) mass is 273 g/mol. The highest BCUT2D eigenvalue weighted by molar-refractivity contribution is 5.98. The standard InChI is InChI=1S/C16H23N3O/c1-2-7-17-15-13(4-3-8-18-15)16(20)19-14-10-11-5-6-12(14)9-11/h3-4,8,11-12,14H,2,5-7,9-10H2,1H3,(H,17,18)(H,19,20). The number of rotatable bonds is 5. The topological polar surface area (TPSA) is 54.0 Å². The van der Waals surface area contributed by atoms with Crippen LogP contribution in [0.3, 0.4) is 0 Å². The van der Waals surface area contributed by atoms with Crippen molar-refractivity contribution in [3.63, 3.8) is 0 Å². The lowest BCUT2D eigenvalue weighted by molar-refractivity contribution is 0.0923. The van der Waals surface area contributed by atoms with Crippen LogP contribution >= 0.6 is 0 Å². The van der Waals surface area contributed by atoms with Gasteiger partial charge in [0, 0.05) is 18.8 Å². The lowest BCUT2D eigenvalue weighted by Crippen LogP contribution is -2.38. The first-order valence-corrected chi connectivity index (χ1v) is 7.77. The first-order chi connectivity index (χ1) is 9.78. The molecule has 4 nitrogen and oxygen atoms in total. The van der Waals surface area contributed by atoms with Gasteiger partial charge in [-0.3, -0.25) is 4.79 Å². The Morgan fingerprint density at radius 1 is 1.40 bits per heavy atom. The van der Waals surface area contributed by atoms with Crippen molar-refractivity contribution in [1.29, 1.82) is 0 Å². The van der Waals surface area contributed by atoms with E-state index in [1.165, 1.54) is 19.3 Å². The summed E-state index contributed by atoms with van der Waals surface area (Å²) in [6.45, 7) is 2.94. The van der Waals surface area contributed by atoms with Crippen molar-refractivity contribution in [2.45, 2.75) is 45.1 Å². The highest BCUT2D eigenvalue weighted by atomic mass is 16.1. The summed E-state index contributed by atoms with van der Waals surface area (Å²) < 4.78 is 0. The molecule has 1 amide bonds. The number of hydrogen-bond acceptors (Lipinski definition) is 3. The van der Waals surface area contributed by atoms with E-state index in [-0.39, 0.29) is 5.91 Å². The van der Waals surface area contributed by atoms with E-state index in [0.717, 1.165) is 25.3 Å². The van der Waals surface area contributed by atoms with Crippen LogP contribution in [-0.2, 0) is 0 Å². The van der Waals surface area contributed by atoms with Gasteiger partial charge in [-0.05, 0) is 49.7 Å². The van der Waals surface area contributed by atoms with Crippen molar-refractivity contribution in [2.75, 3.05) is 11.9 Å². The maximum atomic E-state index is 12.5. The Hall–Kier alpha value is -1.58. The quantitative estimate of drug-likeness (QED) is 0.867. The number of amides is 1. The number of anilines is 1. The zero-order chi connectivity index (χ0) is 13.9. The SMILES string of the molecule is CCCNc1ncccc1C(=O)NC1CC2CCC1C2. The smallest absolute Gasteiger partial charge is 0.255 e. The largest absolute Gasteiger partial charge is 0.369 e. The van der Waals surface area contributed by atoms with Crippen LogP contribution in [0.15, 0.2) is 18.3 Å². The minimum absolute atomic E-state index is 0.0225. The molecule has 2 fully saturated rings. The van der Waals surface area contributed by atoms with Crippen molar-refractivity contribution in [1.82, 2.24) is 10.3 Å². The van der Waals surface area contributed by atoms with Gasteiger partial charge in [0.2, 0.25) is 0 Å². The van der Waals surface area contributed by atoms with Crippen LogP contribution in [0.4, 0.5) is 5.82 Å². The highest BCUT2D eigenvalue weighted by Gasteiger charge is 2.40. The molecule has 3 rings (SSSR count). The van der Waals surface area contributed by atoms with E-state index < -0.39 is 0 Å². The van der Waals surface area contributed by atoms with E-state index in [0.29, 0.717) is 23.3 Å². The Balaban J connectivity index is 1.67. The molecule has 2 aliphatic carbocycles. The molecule has 1 aromatic rings. The average Bonchev–Trinajstić information content (AvgIpc) is 3.08. The molecule has 2 aliphatic rings. The van der Waals surface area contributed by atoms with Crippen molar-refractivity contribution in [3.8, 4) is 0 Å². The Morgan fingerprint density at radius 3 is 3.00 bits per heavy atom. The van der Waals surface area contributed by atoms with Gasteiger partial charge in [-0.25, -0.2) is 4.98 Å². The third kappa shape index (κ3) is 2.65. The number of pyridine rings is 1. The first-order valence-electron chi connectivity index (χ1n) is 7.77. The number of nitrogens with zero attached hydrogens (tertiary/aromatic N) is 1. The fourth-order valence-corrected chi connectivity index (χ4v) is 3.64. The molecule has 1 heterocycles. The third-order valence-electron chi connectivity index (χ3n) is 4.65. The van der Waals surface area contributed by atoms with Crippen LogP contribution in [0.2, 0.25) is 0 Å². The summed E-state index contributed by atoms with van der Waals surface area (Å²) in [7, 11) is 0. The zero-order valence-electron chi connectivity index (χ0n) is 12.1. The number of fused-ring (bicyclic) bond motifs is 2. The molecule has 0 radical (unpaired) electrons. The fraction of sp³-hybridized carbons (Fsp3) is 0.625. The van der Waals surface area contributed by atoms with Crippen LogP contribution in [0, 0.1) is 11.8 Å². The summed E-state index contributed by atoms with van der Waals surface area (Å²) in [5.41, 5.74) is 0.670. The lowest BCUT2D eigenvalue weighted by Gasteiger charge is -2.23. The van der Waals surface area contributed by atoms with E-state index in [1.54, 1.807) is 6.20 Å². The molecule has 20 heavy (non-hydrogen) atoms. The van der Waals surface area contributed by atoms with Crippen LogP contribution in [0.5, 0.6) is 0 Å². The number of carbonyl (C=O) groups excluding carboxylic acids is 1. The van der Waals surface area contributed by atoms with Gasteiger partial charge in [-0.15, -0.1) is 0 Å². The van der Waals surface area contributed by atoms with Crippen LogP contribution in [0.25, 0.3) is 0 Å². The van der Waals surface area contributed by atoms with Gasteiger partial charge in [0.15, 0.2) is 0 Å². The van der Waals surface area contributed by atoms with Crippen molar-refractivity contribution >= 4 is 11.7 Å². The van der Waals surface area contributed by atoms with Gasteiger partial charge >= 0.3 is 0 Å². The van der Waals surface area contributed by atoms with Gasteiger partial charge < -0.3 is 10.6 Å². The number of aromatic nitrogens is 1. The Morgan fingerprint density at radius 2 is 2.30 bits per heavy atom. The molecule has 0 spiro atoms. The van der Waals surface area contributed by atoms with E-state index >= 15 is 0 Å². The van der Waals surface area contributed by atoms with Gasteiger partial charge in [0.1, 0.15) is 5.82 Å². The zero-order valence-corrected chi connectivity index (χ0v) is 12.1. The van der Waals surface area contributed by atoms with Crippen molar-refractivity contribution in [3.05, 3.63) is 23.9 Å². The Bertz CT molecular complexity index is 488. The maximum absolute atomic E-state index is 12.5. The number of hydrogen-bond donors (Lipinski definition) is 2. The van der Waals surface area contributed by atoms with Crippen LogP contribution < -0.4 is 10.6 Å². The number of nitrogens with one attached hydrogen (secondary N) is 2. The second kappa shape index (κ2) is 5.81. The fourth-order valence-electron chi connectivity index (χ4n) is 3.64. The molecule has 0 aromatic carbocycles. The third-order valence-corrected chi connectivity index (χ3v) is 4.65. The summed E-state index contributed by atoms with van der Waals surface area (Å²) in [4.78, 5) is 16.8. The van der Waals surface area contributed by atoms with Crippen molar-refractivity contribution in [2.24, 2.45) is 11.8 Å². The molecule has 2 bridgehead atoms. The minimum Gasteiger partial charge on any atom is -0.369 e. The molecule has 1 aromatic heterocycles. The van der Waals surface area contributed by atoms with Crippen molar-refractivity contribution < 1.29 is 4.79 Å². The summed E-state index contributed by atoms with van der Waals surface area (Å²) >= 11 is 0. The number of carbonyl (C=O) groups is 1. The summed E-state index contributed by atoms with van der Waals surface area (Å²) in [5, 5.41) is 6.46. The molecule has 2 saturated carbocycles. The van der Waals surface area contributed by atoms with Crippen LogP contribution in [0.1, 0.15) is 49.4 Å².